The van der Waals surface area contributed by atoms with Gasteiger partial charge in [-0.15, -0.1) is 0 Å². The molecule has 0 saturated carbocycles. The van der Waals surface area contributed by atoms with Crippen LogP contribution >= 0.6 is 11.6 Å². The molecule has 1 amide bonds. The minimum Gasteiger partial charge on any atom is -0.445 e. The van der Waals surface area contributed by atoms with Crippen molar-refractivity contribution in [2.45, 2.75) is 44.1 Å². The second-order valence-electron chi connectivity index (χ2n) is 7.33. The second kappa shape index (κ2) is 7.75. The van der Waals surface area contributed by atoms with Gasteiger partial charge in [-0.05, 0) is 48.1 Å². The summed E-state index contributed by atoms with van der Waals surface area (Å²) < 4.78 is 45.0. The van der Waals surface area contributed by atoms with Gasteiger partial charge in [-0.1, -0.05) is 54.1 Å². The molecule has 2 aliphatic heterocycles. The van der Waals surface area contributed by atoms with E-state index in [0.29, 0.717) is 12.0 Å². The fraction of sp³-hybridized carbons (Fsp3) is 0.318. The molecule has 2 atom stereocenters. The third-order valence-electron chi connectivity index (χ3n) is 5.45. The molecule has 1 fully saturated rings. The van der Waals surface area contributed by atoms with Gasteiger partial charge in [0.1, 0.15) is 6.61 Å². The number of alkyl halides is 3. The van der Waals surface area contributed by atoms with Crippen LogP contribution in [0, 0.1) is 0 Å². The quantitative estimate of drug-likeness (QED) is 0.580. The van der Waals surface area contributed by atoms with Gasteiger partial charge >= 0.3 is 12.3 Å². The van der Waals surface area contributed by atoms with Crippen LogP contribution in [0.1, 0.15) is 36.0 Å². The Balaban J connectivity index is 1.51. The number of hydrogen-bond donors (Lipinski definition) is 0. The van der Waals surface area contributed by atoms with Crippen molar-refractivity contribution in [3.05, 3.63) is 76.3 Å². The van der Waals surface area contributed by atoms with E-state index in [-0.39, 0.29) is 29.8 Å². The van der Waals surface area contributed by atoms with E-state index in [2.05, 4.69) is 0 Å². The van der Waals surface area contributed by atoms with Crippen LogP contribution in [0.4, 0.5) is 18.0 Å². The lowest BCUT2D eigenvalue weighted by molar-refractivity contribution is -0.137. The molecule has 0 radical (unpaired) electrons. The van der Waals surface area contributed by atoms with Crippen LogP contribution in [-0.4, -0.2) is 23.1 Å². The highest BCUT2D eigenvalue weighted by molar-refractivity contribution is 6.31. The van der Waals surface area contributed by atoms with Crippen LogP contribution in [-0.2, 0) is 17.5 Å². The summed E-state index contributed by atoms with van der Waals surface area (Å²) in [5.74, 6) is 0. The lowest BCUT2D eigenvalue weighted by Gasteiger charge is -2.33. The SMILES string of the molecule is O=C(OCc1ccccc1)N1C2C=C(c3ccc(Cl)c(C(F)(F)F)c3)CC1CC2. The average molecular weight is 422 g/mol. The summed E-state index contributed by atoms with van der Waals surface area (Å²) in [5.41, 5.74) is 1.37. The summed E-state index contributed by atoms with van der Waals surface area (Å²) >= 11 is 5.73. The van der Waals surface area contributed by atoms with Crippen molar-refractivity contribution in [1.29, 1.82) is 0 Å². The fourth-order valence-corrected chi connectivity index (χ4v) is 4.29. The maximum absolute atomic E-state index is 13.2. The Labute approximate surface area is 171 Å². The number of carbonyl (C=O) groups excluding carboxylic acids is 1. The molecule has 2 aromatic rings. The molecule has 0 aromatic heterocycles. The predicted molar refractivity (Wildman–Crippen MR) is 104 cm³/mol. The normalized spacial score (nSPS) is 21.1. The zero-order chi connectivity index (χ0) is 20.6. The predicted octanol–water partition coefficient (Wildman–Crippen LogP) is 6.32. The molecule has 29 heavy (non-hydrogen) atoms. The third-order valence-corrected chi connectivity index (χ3v) is 5.78. The van der Waals surface area contributed by atoms with Gasteiger partial charge in [0.2, 0.25) is 0 Å². The zero-order valence-corrected chi connectivity index (χ0v) is 16.2. The Morgan fingerprint density at radius 2 is 1.90 bits per heavy atom. The number of benzene rings is 2. The summed E-state index contributed by atoms with van der Waals surface area (Å²) in [6.45, 7) is 0.193. The Hall–Kier alpha value is -2.47. The molecule has 2 bridgehead atoms. The molecular weight excluding hydrogens is 403 g/mol. The molecule has 4 rings (SSSR count). The molecule has 0 N–H and O–H groups in total. The molecule has 2 aromatic carbocycles. The van der Waals surface area contributed by atoms with Crippen molar-refractivity contribution < 1.29 is 22.7 Å². The number of halogens is 4. The summed E-state index contributed by atoms with van der Waals surface area (Å²) in [7, 11) is 0. The number of nitrogens with zero attached hydrogens (tertiary/aromatic N) is 1. The summed E-state index contributed by atoms with van der Waals surface area (Å²) in [4.78, 5) is 14.3. The third kappa shape index (κ3) is 4.13. The van der Waals surface area contributed by atoms with Crippen molar-refractivity contribution >= 4 is 23.3 Å². The number of ether oxygens (including phenoxy) is 1. The van der Waals surface area contributed by atoms with Crippen LogP contribution in [0.2, 0.25) is 5.02 Å². The van der Waals surface area contributed by atoms with Gasteiger partial charge in [0, 0.05) is 6.04 Å². The number of hydrogen-bond acceptors (Lipinski definition) is 2. The summed E-state index contributed by atoms with van der Waals surface area (Å²) in [6.07, 6.45) is -0.941. The van der Waals surface area contributed by atoms with Gasteiger partial charge in [0.05, 0.1) is 16.6 Å². The molecule has 152 valence electrons. The van der Waals surface area contributed by atoms with Gasteiger partial charge in [-0.3, -0.25) is 4.90 Å². The van der Waals surface area contributed by atoms with Gasteiger partial charge < -0.3 is 4.74 Å². The van der Waals surface area contributed by atoms with Crippen molar-refractivity contribution in [2.24, 2.45) is 0 Å². The van der Waals surface area contributed by atoms with Crippen LogP contribution < -0.4 is 0 Å². The van der Waals surface area contributed by atoms with E-state index in [1.54, 1.807) is 11.0 Å². The van der Waals surface area contributed by atoms with Crippen LogP contribution in [0.25, 0.3) is 5.57 Å². The van der Waals surface area contributed by atoms with E-state index in [1.807, 2.05) is 36.4 Å². The van der Waals surface area contributed by atoms with Crippen molar-refractivity contribution in [2.75, 3.05) is 0 Å². The monoisotopic (exact) mass is 421 g/mol. The van der Waals surface area contributed by atoms with E-state index >= 15 is 0 Å². The van der Waals surface area contributed by atoms with Crippen LogP contribution in [0.3, 0.4) is 0 Å². The van der Waals surface area contributed by atoms with Gasteiger partial charge in [0.25, 0.3) is 0 Å². The lowest BCUT2D eigenvalue weighted by Crippen LogP contribution is -2.43. The largest absolute Gasteiger partial charge is 0.445 e. The Bertz CT molecular complexity index is 943. The van der Waals surface area contributed by atoms with Crippen LogP contribution in [0.15, 0.2) is 54.6 Å². The standard InChI is InChI=1S/C22H19ClF3NO2/c23-20-9-6-15(12-19(20)22(24,25)26)16-10-17-7-8-18(11-16)27(17)21(28)29-13-14-4-2-1-3-5-14/h1-6,9-10,12,17-18H,7-8,11,13H2. The lowest BCUT2D eigenvalue weighted by atomic mass is 9.94. The number of rotatable bonds is 3. The van der Waals surface area contributed by atoms with Gasteiger partial charge in [-0.2, -0.15) is 13.2 Å². The fourth-order valence-electron chi connectivity index (χ4n) is 4.06. The maximum atomic E-state index is 13.2. The summed E-state index contributed by atoms with van der Waals surface area (Å²) in [5, 5.41) is -0.313. The first-order chi connectivity index (χ1) is 13.8. The number of carbonyl (C=O) groups is 1. The maximum Gasteiger partial charge on any atom is 0.417 e. The Morgan fingerprint density at radius 3 is 2.59 bits per heavy atom. The second-order valence-corrected chi connectivity index (χ2v) is 7.74. The van der Waals surface area contributed by atoms with E-state index in [9.17, 15) is 18.0 Å². The minimum absolute atomic E-state index is 0.0757. The highest BCUT2D eigenvalue weighted by Gasteiger charge is 2.41. The van der Waals surface area contributed by atoms with Crippen molar-refractivity contribution in [3.8, 4) is 0 Å². The van der Waals surface area contributed by atoms with Crippen LogP contribution in [0.5, 0.6) is 0 Å². The molecule has 2 heterocycles. The number of fused-ring (bicyclic) bond motifs is 2. The average Bonchev–Trinajstić information content (AvgIpc) is 2.96. The molecule has 2 aliphatic rings. The van der Waals surface area contributed by atoms with E-state index in [4.69, 9.17) is 16.3 Å². The smallest absolute Gasteiger partial charge is 0.417 e. The molecule has 3 nitrogen and oxygen atoms in total. The highest BCUT2D eigenvalue weighted by Crippen LogP contribution is 2.41. The molecule has 0 aliphatic carbocycles. The summed E-state index contributed by atoms with van der Waals surface area (Å²) in [6, 6.07) is 13.2. The van der Waals surface area contributed by atoms with E-state index < -0.39 is 11.7 Å². The number of amides is 1. The first-order valence-electron chi connectivity index (χ1n) is 9.40. The molecular formula is C22H19ClF3NO2. The highest BCUT2D eigenvalue weighted by atomic mass is 35.5. The first-order valence-corrected chi connectivity index (χ1v) is 9.77. The van der Waals surface area contributed by atoms with Crippen molar-refractivity contribution in [3.63, 3.8) is 0 Å². The first kappa shape index (κ1) is 19.8. The van der Waals surface area contributed by atoms with E-state index in [0.717, 1.165) is 30.0 Å². The molecule has 0 spiro atoms. The zero-order valence-electron chi connectivity index (χ0n) is 15.5. The van der Waals surface area contributed by atoms with Crippen molar-refractivity contribution in [1.82, 2.24) is 4.90 Å². The Kier molecular flexibility index (Phi) is 5.30. The molecule has 1 saturated heterocycles. The molecule has 7 heteroatoms. The topological polar surface area (TPSA) is 29.5 Å². The van der Waals surface area contributed by atoms with E-state index in [1.165, 1.54) is 6.07 Å². The van der Waals surface area contributed by atoms with Gasteiger partial charge in [0.15, 0.2) is 0 Å². The van der Waals surface area contributed by atoms with Gasteiger partial charge in [-0.25, -0.2) is 4.79 Å². The molecule has 2 unspecified atom stereocenters. The Morgan fingerprint density at radius 1 is 1.14 bits per heavy atom. The minimum atomic E-state index is -4.51.